The predicted octanol–water partition coefficient (Wildman–Crippen LogP) is 2.28. The molecule has 0 radical (unpaired) electrons. The fourth-order valence-electron chi connectivity index (χ4n) is 2.51. The summed E-state index contributed by atoms with van der Waals surface area (Å²) >= 11 is 2.68. The van der Waals surface area contributed by atoms with Crippen molar-refractivity contribution in [1.82, 2.24) is 34.7 Å². The van der Waals surface area contributed by atoms with Crippen LogP contribution in [0.25, 0.3) is 0 Å². The minimum absolute atomic E-state index is 0.481. The van der Waals surface area contributed by atoms with E-state index >= 15 is 0 Å². The molecule has 0 aromatic carbocycles. The molecule has 0 bridgehead atoms. The Kier molecular flexibility index (Phi) is 4.50. The number of aryl methyl sites for hydroxylation is 2. The van der Waals surface area contributed by atoms with Gasteiger partial charge < -0.3 is 10.4 Å². The van der Waals surface area contributed by atoms with E-state index in [0.29, 0.717) is 27.5 Å². The van der Waals surface area contributed by atoms with E-state index in [1.54, 1.807) is 11.6 Å². The van der Waals surface area contributed by atoms with Crippen molar-refractivity contribution in [2.45, 2.75) is 26.0 Å². The summed E-state index contributed by atoms with van der Waals surface area (Å²) in [4.78, 5) is 4.36. The summed E-state index contributed by atoms with van der Waals surface area (Å²) in [6, 6.07) is 1.86. The third-order valence-electron chi connectivity index (χ3n) is 3.86. The fourth-order valence-corrected chi connectivity index (χ4v) is 4.23. The van der Waals surface area contributed by atoms with E-state index in [4.69, 9.17) is 0 Å². The summed E-state index contributed by atoms with van der Waals surface area (Å²) in [6.07, 6.45) is 5.65. The number of anilines is 2. The lowest BCUT2D eigenvalue weighted by Crippen LogP contribution is -2.22. The van der Waals surface area contributed by atoms with Crippen molar-refractivity contribution in [2.75, 3.05) is 5.32 Å². The average Bonchev–Trinajstić information content (AvgIpc) is 3.38. The second-order valence-electron chi connectivity index (χ2n) is 6.32. The van der Waals surface area contributed by atoms with Gasteiger partial charge in [0.15, 0.2) is 16.4 Å². The van der Waals surface area contributed by atoms with Gasteiger partial charge in [-0.25, -0.2) is 4.98 Å². The van der Waals surface area contributed by atoms with Crippen LogP contribution >= 0.6 is 22.7 Å². The monoisotopic (exact) mass is 402 g/mol. The lowest BCUT2D eigenvalue weighted by atomic mass is 10.1. The first-order valence-corrected chi connectivity index (χ1v) is 9.87. The molecule has 27 heavy (non-hydrogen) atoms. The highest BCUT2D eigenvalue weighted by atomic mass is 32.1. The number of nitrogens with one attached hydrogen (secondary N) is 1. The molecule has 140 valence electrons. The quantitative estimate of drug-likeness (QED) is 0.509. The molecule has 9 nitrogen and oxygen atoms in total. The Hall–Kier alpha value is -2.63. The number of hydrogen-bond acceptors (Lipinski definition) is 9. The largest absolute Gasteiger partial charge is 0.376 e. The van der Waals surface area contributed by atoms with Gasteiger partial charge in [-0.05, 0) is 13.8 Å². The zero-order valence-corrected chi connectivity index (χ0v) is 16.6. The van der Waals surface area contributed by atoms with E-state index in [-0.39, 0.29) is 0 Å². The van der Waals surface area contributed by atoms with E-state index in [2.05, 4.69) is 30.7 Å². The number of thiazole rings is 1. The van der Waals surface area contributed by atoms with Crippen molar-refractivity contribution in [1.29, 1.82) is 0 Å². The molecule has 11 heteroatoms. The SMILES string of the molecule is Cc1csc(C(C)(O)c2nnc(Nc3ccn(Cc4cnn(C)c4)n3)s2)n1. The summed E-state index contributed by atoms with van der Waals surface area (Å²) in [6.45, 7) is 4.21. The lowest BCUT2D eigenvalue weighted by molar-refractivity contribution is 0.101. The van der Waals surface area contributed by atoms with Gasteiger partial charge in [0.25, 0.3) is 0 Å². The van der Waals surface area contributed by atoms with Crippen molar-refractivity contribution < 1.29 is 5.11 Å². The Labute approximate surface area is 163 Å². The van der Waals surface area contributed by atoms with Crippen molar-refractivity contribution >= 4 is 33.6 Å². The normalized spacial score (nSPS) is 13.6. The highest BCUT2D eigenvalue weighted by molar-refractivity contribution is 7.15. The molecule has 1 unspecified atom stereocenters. The second kappa shape index (κ2) is 6.83. The van der Waals surface area contributed by atoms with Crippen LogP contribution in [0.15, 0.2) is 30.0 Å². The Morgan fingerprint density at radius 3 is 2.85 bits per heavy atom. The number of aliphatic hydroxyl groups is 1. The highest BCUT2D eigenvalue weighted by Gasteiger charge is 2.33. The van der Waals surface area contributed by atoms with Crippen LogP contribution in [-0.4, -0.2) is 39.8 Å². The first-order chi connectivity index (χ1) is 12.9. The lowest BCUT2D eigenvalue weighted by Gasteiger charge is -2.16. The van der Waals surface area contributed by atoms with Gasteiger partial charge in [-0.15, -0.1) is 21.5 Å². The van der Waals surface area contributed by atoms with Crippen molar-refractivity contribution in [3.05, 3.63) is 51.3 Å². The number of hydrogen-bond donors (Lipinski definition) is 2. The summed E-state index contributed by atoms with van der Waals surface area (Å²) in [5.74, 6) is 0.659. The zero-order valence-electron chi connectivity index (χ0n) is 15.0. The third kappa shape index (κ3) is 3.75. The van der Waals surface area contributed by atoms with Crippen molar-refractivity contribution in [3.8, 4) is 0 Å². The van der Waals surface area contributed by atoms with Crippen LogP contribution in [0.4, 0.5) is 10.9 Å². The van der Waals surface area contributed by atoms with Crippen LogP contribution < -0.4 is 5.32 Å². The van der Waals surface area contributed by atoms with Gasteiger partial charge in [0.2, 0.25) is 5.13 Å². The molecule has 0 aliphatic carbocycles. The summed E-state index contributed by atoms with van der Waals surface area (Å²) < 4.78 is 3.58. The molecular formula is C16H18N8OS2. The van der Waals surface area contributed by atoms with E-state index in [9.17, 15) is 5.11 Å². The van der Waals surface area contributed by atoms with E-state index in [0.717, 1.165) is 11.3 Å². The molecule has 1 atom stereocenters. The first-order valence-electron chi connectivity index (χ1n) is 8.17. The molecule has 0 aliphatic rings. The predicted molar refractivity (Wildman–Crippen MR) is 103 cm³/mol. The minimum Gasteiger partial charge on any atom is -0.376 e. The van der Waals surface area contributed by atoms with E-state index in [1.807, 2.05) is 48.7 Å². The van der Waals surface area contributed by atoms with Crippen LogP contribution in [0.1, 0.15) is 28.2 Å². The molecule has 4 aromatic heterocycles. The maximum absolute atomic E-state index is 10.8. The number of aromatic nitrogens is 7. The number of rotatable bonds is 6. The fraction of sp³-hybridized carbons (Fsp3) is 0.312. The third-order valence-corrected chi connectivity index (χ3v) is 6.08. The Morgan fingerprint density at radius 1 is 1.30 bits per heavy atom. The summed E-state index contributed by atoms with van der Waals surface area (Å²) in [5, 5.41) is 34.4. The second-order valence-corrected chi connectivity index (χ2v) is 8.16. The Balaban J connectivity index is 1.46. The number of nitrogens with zero attached hydrogens (tertiary/aromatic N) is 7. The molecular weight excluding hydrogens is 384 g/mol. The molecule has 0 saturated heterocycles. The van der Waals surface area contributed by atoms with E-state index in [1.165, 1.54) is 22.7 Å². The van der Waals surface area contributed by atoms with Gasteiger partial charge >= 0.3 is 0 Å². The maximum atomic E-state index is 10.8. The van der Waals surface area contributed by atoms with Crippen LogP contribution in [-0.2, 0) is 19.2 Å². The Morgan fingerprint density at radius 2 is 2.15 bits per heavy atom. The van der Waals surface area contributed by atoms with Crippen molar-refractivity contribution in [3.63, 3.8) is 0 Å². The van der Waals surface area contributed by atoms with Gasteiger partial charge in [0, 0.05) is 42.1 Å². The van der Waals surface area contributed by atoms with Gasteiger partial charge in [-0.3, -0.25) is 9.36 Å². The van der Waals surface area contributed by atoms with Crippen LogP contribution in [0.2, 0.25) is 0 Å². The maximum Gasteiger partial charge on any atom is 0.211 e. The zero-order chi connectivity index (χ0) is 19.0. The Bertz CT molecular complexity index is 1060. The molecule has 4 rings (SSSR count). The molecule has 4 heterocycles. The van der Waals surface area contributed by atoms with Crippen LogP contribution in [0, 0.1) is 6.92 Å². The first kappa shape index (κ1) is 17.8. The molecule has 0 spiro atoms. The smallest absolute Gasteiger partial charge is 0.211 e. The molecule has 2 N–H and O–H groups in total. The molecule has 0 aliphatic heterocycles. The molecule has 0 saturated carbocycles. The minimum atomic E-state index is -1.27. The van der Waals surface area contributed by atoms with Gasteiger partial charge in [-0.2, -0.15) is 10.2 Å². The molecule has 0 amide bonds. The van der Waals surface area contributed by atoms with Gasteiger partial charge in [0.05, 0.1) is 12.7 Å². The summed E-state index contributed by atoms with van der Waals surface area (Å²) in [7, 11) is 1.88. The summed E-state index contributed by atoms with van der Waals surface area (Å²) in [5.41, 5.74) is 0.674. The molecule has 4 aromatic rings. The molecule has 0 fully saturated rings. The van der Waals surface area contributed by atoms with Crippen LogP contribution in [0.5, 0.6) is 0 Å². The van der Waals surface area contributed by atoms with Crippen LogP contribution in [0.3, 0.4) is 0 Å². The van der Waals surface area contributed by atoms with Gasteiger partial charge in [0.1, 0.15) is 5.01 Å². The topological polar surface area (TPSA) is 107 Å². The van der Waals surface area contributed by atoms with E-state index < -0.39 is 5.60 Å². The standard InChI is InChI=1S/C16H18N8OS2/c1-10-9-26-13(18-10)16(2,25)14-20-21-15(27-14)19-12-4-5-24(22-12)8-11-6-17-23(3)7-11/h4-7,9,25H,8H2,1-3H3,(H,19,21,22). The van der Waals surface area contributed by atoms with Crippen molar-refractivity contribution in [2.24, 2.45) is 7.05 Å². The highest BCUT2D eigenvalue weighted by Crippen LogP contribution is 2.34. The average molecular weight is 403 g/mol. The van der Waals surface area contributed by atoms with Gasteiger partial charge in [-0.1, -0.05) is 11.3 Å².